The van der Waals surface area contributed by atoms with Crippen molar-refractivity contribution in [3.05, 3.63) is 29.3 Å². The fourth-order valence-corrected chi connectivity index (χ4v) is 2.90. The molecule has 2 aliphatic rings. The largest absolute Gasteiger partial charge is 0.490 e. The van der Waals surface area contributed by atoms with Gasteiger partial charge in [-0.2, -0.15) is 0 Å². The zero-order valence-electron chi connectivity index (χ0n) is 13.5. The minimum absolute atomic E-state index is 0. The van der Waals surface area contributed by atoms with Gasteiger partial charge < -0.3 is 19.7 Å². The standard InChI is InChI=1S/C17H22N2O3.ClH/c1-3-21-15-6-4-5-13-9-14(11-22-16(13)15)17(20)19-8-7-18-10-12(19)2;/h4-6,9,12,18H,3,7-8,10-11H2,1-2H3;1H/t12-;/m0./s1. The van der Waals surface area contributed by atoms with Crippen LogP contribution in [0.15, 0.2) is 23.8 Å². The van der Waals surface area contributed by atoms with Crippen molar-refractivity contribution in [3.63, 3.8) is 0 Å². The quantitative estimate of drug-likeness (QED) is 0.917. The van der Waals surface area contributed by atoms with Crippen molar-refractivity contribution >= 4 is 24.4 Å². The number of rotatable bonds is 3. The monoisotopic (exact) mass is 338 g/mol. The number of hydrogen-bond donors (Lipinski definition) is 1. The number of ether oxygens (including phenoxy) is 2. The lowest BCUT2D eigenvalue weighted by molar-refractivity contribution is -0.130. The van der Waals surface area contributed by atoms with Crippen LogP contribution >= 0.6 is 12.4 Å². The van der Waals surface area contributed by atoms with Crippen molar-refractivity contribution in [1.82, 2.24) is 10.2 Å². The highest BCUT2D eigenvalue weighted by molar-refractivity contribution is 5.99. The van der Waals surface area contributed by atoms with Crippen LogP contribution in [-0.4, -0.2) is 49.7 Å². The first kappa shape index (κ1) is 17.6. The molecule has 1 aromatic carbocycles. The van der Waals surface area contributed by atoms with Gasteiger partial charge in [0.15, 0.2) is 11.5 Å². The lowest BCUT2D eigenvalue weighted by atomic mass is 10.0. The summed E-state index contributed by atoms with van der Waals surface area (Å²) in [5.74, 6) is 1.54. The van der Waals surface area contributed by atoms with E-state index < -0.39 is 0 Å². The molecule has 0 unspecified atom stereocenters. The maximum absolute atomic E-state index is 12.7. The average molecular weight is 339 g/mol. The molecule has 2 heterocycles. The lowest BCUT2D eigenvalue weighted by Gasteiger charge is -2.35. The molecule has 1 amide bonds. The van der Waals surface area contributed by atoms with E-state index in [0.29, 0.717) is 18.8 Å². The first-order valence-electron chi connectivity index (χ1n) is 7.81. The number of carbonyl (C=O) groups is 1. The summed E-state index contributed by atoms with van der Waals surface area (Å²) in [4.78, 5) is 14.6. The summed E-state index contributed by atoms with van der Waals surface area (Å²) in [5.41, 5.74) is 1.61. The van der Waals surface area contributed by atoms with Crippen LogP contribution in [0.1, 0.15) is 19.4 Å². The Morgan fingerprint density at radius 2 is 2.30 bits per heavy atom. The van der Waals surface area contributed by atoms with Crippen LogP contribution in [0.5, 0.6) is 11.5 Å². The number of halogens is 1. The van der Waals surface area contributed by atoms with Crippen molar-refractivity contribution in [2.45, 2.75) is 19.9 Å². The highest BCUT2D eigenvalue weighted by Gasteiger charge is 2.28. The Hall–Kier alpha value is -1.72. The molecule has 1 fully saturated rings. The van der Waals surface area contributed by atoms with Crippen LogP contribution in [0.3, 0.4) is 0 Å². The third-order valence-electron chi connectivity index (χ3n) is 4.05. The topological polar surface area (TPSA) is 50.8 Å². The molecule has 126 valence electrons. The summed E-state index contributed by atoms with van der Waals surface area (Å²) in [6.45, 7) is 7.32. The molecular weight excluding hydrogens is 316 g/mol. The normalized spacial score (nSPS) is 19.8. The molecule has 1 atom stereocenters. The molecule has 1 aromatic rings. The number of para-hydroxylation sites is 1. The Morgan fingerprint density at radius 3 is 3.04 bits per heavy atom. The SMILES string of the molecule is CCOc1cccc2c1OCC(C(=O)N1CCNC[C@@H]1C)=C2.Cl. The second-order valence-corrected chi connectivity index (χ2v) is 5.62. The van der Waals surface area contributed by atoms with Gasteiger partial charge in [0.25, 0.3) is 5.91 Å². The summed E-state index contributed by atoms with van der Waals surface area (Å²) < 4.78 is 11.4. The summed E-state index contributed by atoms with van der Waals surface area (Å²) >= 11 is 0. The molecular formula is C17H23ClN2O3. The average Bonchev–Trinajstić information content (AvgIpc) is 2.55. The zero-order chi connectivity index (χ0) is 15.5. The molecule has 5 nitrogen and oxygen atoms in total. The van der Waals surface area contributed by atoms with Crippen molar-refractivity contribution in [2.24, 2.45) is 0 Å². The van der Waals surface area contributed by atoms with E-state index in [9.17, 15) is 4.79 Å². The number of nitrogens with one attached hydrogen (secondary N) is 1. The van der Waals surface area contributed by atoms with Crippen molar-refractivity contribution in [1.29, 1.82) is 0 Å². The summed E-state index contributed by atoms with van der Waals surface area (Å²) in [5, 5.41) is 3.30. The Kier molecular flexibility index (Phi) is 5.91. The van der Waals surface area contributed by atoms with Crippen LogP contribution in [-0.2, 0) is 4.79 Å². The second-order valence-electron chi connectivity index (χ2n) is 5.62. The van der Waals surface area contributed by atoms with E-state index in [-0.39, 0.29) is 24.4 Å². The van der Waals surface area contributed by atoms with Gasteiger partial charge in [0.2, 0.25) is 0 Å². The van der Waals surface area contributed by atoms with Gasteiger partial charge >= 0.3 is 0 Å². The minimum Gasteiger partial charge on any atom is -0.490 e. The number of nitrogens with zero attached hydrogens (tertiary/aromatic N) is 1. The fourth-order valence-electron chi connectivity index (χ4n) is 2.90. The zero-order valence-corrected chi connectivity index (χ0v) is 14.3. The smallest absolute Gasteiger partial charge is 0.253 e. The summed E-state index contributed by atoms with van der Waals surface area (Å²) in [6, 6.07) is 5.97. The maximum atomic E-state index is 12.7. The number of hydrogen-bond acceptors (Lipinski definition) is 4. The molecule has 23 heavy (non-hydrogen) atoms. The van der Waals surface area contributed by atoms with Crippen molar-refractivity contribution < 1.29 is 14.3 Å². The predicted octanol–water partition coefficient (Wildman–Crippen LogP) is 2.10. The first-order chi connectivity index (χ1) is 10.7. The van der Waals surface area contributed by atoms with Crippen LogP contribution in [0, 0.1) is 0 Å². The van der Waals surface area contributed by atoms with Gasteiger partial charge in [-0.15, -0.1) is 12.4 Å². The van der Waals surface area contributed by atoms with Crippen LogP contribution in [0.25, 0.3) is 6.08 Å². The van der Waals surface area contributed by atoms with Gasteiger partial charge in [-0.3, -0.25) is 4.79 Å². The number of fused-ring (bicyclic) bond motifs is 1. The second kappa shape index (κ2) is 7.70. The van der Waals surface area contributed by atoms with E-state index in [2.05, 4.69) is 12.2 Å². The van der Waals surface area contributed by atoms with E-state index in [1.54, 1.807) is 0 Å². The molecule has 1 saturated heterocycles. The maximum Gasteiger partial charge on any atom is 0.253 e. The van der Waals surface area contributed by atoms with E-state index in [1.165, 1.54) is 0 Å². The predicted molar refractivity (Wildman–Crippen MR) is 92.4 cm³/mol. The summed E-state index contributed by atoms with van der Waals surface area (Å²) in [6.07, 6.45) is 1.93. The number of piperazine rings is 1. The number of benzene rings is 1. The van der Waals surface area contributed by atoms with E-state index in [0.717, 1.165) is 36.7 Å². The third kappa shape index (κ3) is 3.62. The summed E-state index contributed by atoms with van der Waals surface area (Å²) in [7, 11) is 0. The molecule has 6 heteroatoms. The highest BCUT2D eigenvalue weighted by Crippen LogP contribution is 2.36. The van der Waals surface area contributed by atoms with Crippen molar-refractivity contribution in [3.8, 4) is 11.5 Å². The molecule has 0 saturated carbocycles. The first-order valence-corrected chi connectivity index (χ1v) is 7.81. The Bertz CT molecular complexity index is 604. The Morgan fingerprint density at radius 1 is 1.48 bits per heavy atom. The van der Waals surface area contributed by atoms with E-state index in [4.69, 9.17) is 9.47 Å². The molecule has 0 radical (unpaired) electrons. The minimum atomic E-state index is 0. The molecule has 0 bridgehead atoms. The van der Waals surface area contributed by atoms with Gasteiger partial charge in [0.05, 0.1) is 12.2 Å². The Balaban J connectivity index is 0.00000192. The lowest BCUT2D eigenvalue weighted by Crippen LogP contribution is -2.53. The van der Waals surface area contributed by atoms with Crippen molar-refractivity contribution in [2.75, 3.05) is 32.8 Å². The molecule has 0 spiro atoms. The fraction of sp³-hybridized carbons (Fsp3) is 0.471. The van der Waals surface area contributed by atoms with Gasteiger partial charge in [-0.25, -0.2) is 0 Å². The van der Waals surface area contributed by atoms with Crippen LogP contribution in [0.2, 0.25) is 0 Å². The third-order valence-corrected chi connectivity index (χ3v) is 4.05. The number of carbonyl (C=O) groups excluding carboxylic acids is 1. The molecule has 1 N–H and O–H groups in total. The van der Waals surface area contributed by atoms with E-state index >= 15 is 0 Å². The van der Waals surface area contributed by atoms with Gasteiger partial charge in [0.1, 0.15) is 6.61 Å². The molecule has 0 aliphatic carbocycles. The molecule has 0 aromatic heterocycles. The van der Waals surface area contributed by atoms with Crippen LogP contribution < -0.4 is 14.8 Å². The van der Waals surface area contributed by atoms with E-state index in [1.807, 2.05) is 36.1 Å². The molecule has 2 aliphatic heterocycles. The number of amides is 1. The molecule has 3 rings (SSSR count). The van der Waals surface area contributed by atoms with Gasteiger partial charge in [0, 0.05) is 31.2 Å². The highest BCUT2D eigenvalue weighted by atomic mass is 35.5. The van der Waals surface area contributed by atoms with Gasteiger partial charge in [-0.1, -0.05) is 12.1 Å². The van der Waals surface area contributed by atoms with Gasteiger partial charge in [-0.05, 0) is 26.0 Å². The van der Waals surface area contributed by atoms with Crippen LogP contribution in [0.4, 0.5) is 0 Å². The Labute approximate surface area is 143 Å².